The van der Waals surface area contributed by atoms with Gasteiger partial charge < -0.3 is 10.4 Å². The summed E-state index contributed by atoms with van der Waals surface area (Å²) in [7, 11) is 1.81. The third kappa shape index (κ3) is 6.08. The molecule has 1 aromatic carbocycles. The molecule has 1 amide bonds. The molecule has 20 heavy (non-hydrogen) atoms. The van der Waals surface area contributed by atoms with E-state index in [2.05, 4.69) is 5.32 Å². The lowest BCUT2D eigenvalue weighted by Gasteiger charge is -2.16. The number of nitrogens with zero attached hydrogens (tertiary/aromatic N) is 1. The van der Waals surface area contributed by atoms with Crippen LogP contribution in [0.15, 0.2) is 29.2 Å². The van der Waals surface area contributed by atoms with Gasteiger partial charge in [0.1, 0.15) is 0 Å². The summed E-state index contributed by atoms with van der Waals surface area (Å²) in [6.07, 6.45) is 2.63. The Morgan fingerprint density at radius 3 is 2.70 bits per heavy atom. The third-order valence-corrected chi connectivity index (χ3v) is 3.52. The maximum atomic E-state index is 11.9. The number of aliphatic carboxylic acids is 1. The predicted octanol–water partition coefficient (Wildman–Crippen LogP) is 2.14. The summed E-state index contributed by atoms with van der Waals surface area (Å²) >= 11 is 1.58. The highest BCUT2D eigenvalue weighted by Crippen LogP contribution is 2.24. The second-order valence-corrected chi connectivity index (χ2v) is 5.33. The SMILES string of the molecule is CSc1ccccc1NC(=O)CN(C)CCCC(=O)O. The van der Waals surface area contributed by atoms with E-state index in [-0.39, 0.29) is 18.9 Å². The van der Waals surface area contributed by atoms with Gasteiger partial charge in [-0.25, -0.2) is 0 Å². The molecule has 0 aromatic heterocycles. The van der Waals surface area contributed by atoms with Crippen molar-refractivity contribution in [1.29, 1.82) is 0 Å². The number of anilines is 1. The van der Waals surface area contributed by atoms with E-state index in [1.165, 1.54) is 0 Å². The van der Waals surface area contributed by atoms with Crippen LogP contribution in [0.25, 0.3) is 0 Å². The van der Waals surface area contributed by atoms with Crippen LogP contribution in [-0.4, -0.2) is 48.3 Å². The monoisotopic (exact) mass is 296 g/mol. The van der Waals surface area contributed by atoms with E-state index >= 15 is 0 Å². The molecule has 0 saturated carbocycles. The van der Waals surface area contributed by atoms with Crippen LogP contribution < -0.4 is 5.32 Å². The number of thioether (sulfide) groups is 1. The number of rotatable bonds is 8. The minimum Gasteiger partial charge on any atom is -0.481 e. The fraction of sp³-hybridized carbons (Fsp3) is 0.429. The first-order valence-electron chi connectivity index (χ1n) is 6.36. The largest absolute Gasteiger partial charge is 0.481 e. The van der Waals surface area contributed by atoms with Gasteiger partial charge in [-0.2, -0.15) is 0 Å². The normalized spacial score (nSPS) is 10.6. The van der Waals surface area contributed by atoms with E-state index < -0.39 is 5.97 Å². The van der Waals surface area contributed by atoms with E-state index in [1.54, 1.807) is 11.8 Å². The Balaban J connectivity index is 2.41. The Kier molecular flexibility index (Phi) is 7.11. The summed E-state index contributed by atoms with van der Waals surface area (Å²) in [5.74, 6) is -0.902. The van der Waals surface area contributed by atoms with Crippen LogP contribution in [0.3, 0.4) is 0 Å². The van der Waals surface area contributed by atoms with Crippen LogP contribution >= 0.6 is 11.8 Å². The van der Waals surface area contributed by atoms with E-state index in [9.17, 15) is 9.59 Å². The molecule has 0 aliphatic carbocycles. The van der Waals surface area contributed by atoms with E-state index in [1.807, 2.05) is 42.5 Å². The number of amides is 1. The molecule has 0 fully saturated rings. The zero-order chi connectivity index (χ0) is 15.0. The Labute approximate surface area is 123 Å². The number of carboxylic acids is 1. The molecule has 6 heteroatoms. The van der Waals surface area contributed by atoms with Gasteiger partial charge in [0, 0.05) is 11.3 Å². The number of hydrogen-bond donors (Lipinski definition) is 2. The van der Waals surface area contributed by atoms with Crippen molar-refractivity contribution in [2.75, 3.05) is 31.7 Å². The van der Waals surface area contributed by atoms with Gasteiger partial charge in [0.2, 0.25) is 5.91 Å². The highest BCUT2D eigenvalue weighted by Gasteiger charge is 2.09. The number of likely N-dealkylation sites (N-methyl/N-ethyl adjacent to an activating group) is 1. The molecule has 2 N–H and O–H groups in total. The van der Waals surface area contributed by atoms with Crippen LogP contribution in [0.5, 0.6) is 0 Å². The van der Waals surface area contributed by atoms with Crippen molar-refractivity contribution in [2.24, 2.45) is 0 Å². The van der Waals surface area contributed by atoms with Gasteiger partial charge in [-0.1, -0.05) is 12.1 Å². The lowest BCUT2D eigenvalue weighted by atomic mass is 10.3. The summed E-state index contributed by atoms with van der Waals surface area (Å²) in [5, 5.41) is 11.4. The minimum atomic E-state index is -0.809. The second kappa shape index (κ2) is 8.60. The second-order valence-electron chi connectivity index (χ2n) is 4.48. The first kappa shape index (κ1) is 16.5. The van der Waals surface area contributed by atoms with Gasteiger partial charge in [0.05, 0.1) is 12.2 Å². The average Bonchev–Trinajstić information content (AvgIpc) is 2.38. The molecule has 0 aliphatic rings. The van der Waals surface area contributed by atoms with Crippen LogP contribution in [-0.2, 0) is 9.59 Å². The lowest BCUT2D eigenvalue weighted by molar-refractivity contribution is -0.137. The maximum Gasteiger partial charge on any atom is 0.303 e. The number of nitrogens with one attached hydrogen (secondary N) is 1. The number of benzene rings is 1. The Hall–Kier alpha value is -1.53. The molecule has 0 atom stereocenters. The van der Waals surface area contributed by atoms with Gasteiger partial charge in [-0.05, 0) is 38.4 Å². The molecule has 0 aliphatic heterocycles. The number of carboxylic acid groups (broad SMARTS) is 1. The highest BCUT2D eigenvalue weighted by molar-refractivity contribution is 7.98. The minimum absolute atomic E-state index is 0.0932. The van der Waals surface area contributed by atoms with Gasteiger partial charge in [0.15, 0.2) is 0 Å². The fourth-order valence-electron chi connectivity index (χ4n) is 1.76. The molecule has 1 rings (SSSR count). The first-order valence-corrected chi connectivity index (χ1v) is 7.58. The molecular formula is C14H20N2O3S. The summed E-state index contributed by atoms with van der Waals surface area (Å²) in [5.41, 5.74) is 0.809. The Bertz CT molecular complexity index is 465. The van der Waals surface area contributed by atoms with Crippen LogP contribution in [0, 0.1) is 0 Å². The van der Waals surface area contributed by atoms with E-state index in [0.29, 0.717) is 13.0 Å². The van der Waals surface area contributed by atoms with Gasteiger partial charge in [0.25, 0.3) is 0 Å². The molecule has 0 spiro atoms. The quantitative estimate of drug-likeness (QED) is 0.719. The molecule has 1 aromatic rings. The maximum absolute atomic E-state index is 11.9. The smallest absolute Gasteiger partial charge is 0.303 e. The number of carbonyl (C=O) groups excluding carboxylic acids is 1. The van der Waals surface area contributed by atoms with Crippen molar-refractivity contribution < 1.29 is 14.7 Å². The van der Waals surface area contributed by atoms with Crippen molar-refractivity contribution in [2.45, 2.75) is 17.7 Å². The molecule has 0 saturated heterocycles. The van der Waals surface area contributed by atoms with Crippen LogP contribution in [0.1, 0.15) is 12.8 Å². The molecule has 0 radical (unpaired) electrons. The lowest BCUT2D eigenvalue weighted by Crippen LogP contribution is -2.31. The van der Waals surface area contributed by atoms with Gasteiger partial charge in [-0.3, -0.25) is 14.5 Å². The first-order chi connectivity index (χ1) is 9.52. The van der Waals surface area contributed by atoms with Crippen molar-refractivity contribution in [1.82, 2.24) is 4.90 Å². The van der Waals surface area contributed by atoms with Crippen molar-refractivity contribution in [3.05, 3.63) is 24.3 Å². The molecule has 5 nitrogen and oxygen atoms in total. The summed E-state index contributed by atoms with van der Waals surface area (Å²) in [6.45, 7) is 0.840. The van der Waals surface area contributed by atoms with E-state index in [0.717, 1.165) is 10.6 Å². The Morgan fingerprint density at radius 2 is 2.05 bits per heavy atom. The zero-order valence-electron chi connectivity index (χ0n) is 11.8. The number of para-hydroxylation sites is 1. The summed E-state index contributed by atoms with van der Waals surface area (Å²) in [6, 6.07) is 7.64. The highest BCUT2D eigenvalue weighted by atomic mass is 32.2. The number of hydrogen-bond acceptors (Lipinski definition) is 4. The topological polar surface area (TPSA) is 69.6 Å². The van der Waals surface area contributed by atoms with Gasteiger partial charge >= 0.3 is 5.97 Å². The van der Waals surface area contributed by atoms with E-state index in [4.69, 9.17) is 5.11 Å². The van der Waals surface area contributed by atoms with Crippen molar-refractivity contribution >= 4 is 29.3 Å². The van der Waals surface area contributed by atoms with Crippen molar-refractivity contribution in [3.63, 3.8) is 0 Å². The predicted molar refractivity (Wildman–Crippen MR) is 81.2 cm³/mol. The van der Waals surface area contributed by atoms with Crippen LogP contribution in [0.2, 0.25) is 0 Å². The summed E-state index contributed by atoms with van der Waals surface area (Å²) in [4.78, 5) is 25.2. The molecule has 110 valence electrons. The standard InChI is InChI=1S/C14H20N2O3S/c1-16(9-5-8-14(18)19)10-13(17)15-11-6-3-4-7-12(11)20-2/h3-4,6-7H,5,8-10H2,1-2H3,(H,15,17)(H,18,19). The molecular weight excluding hydrogens is 276 g/mol. The molecule has 0 bridgehead atoms. The third-order valence-electron chi connectivity index (χ3n) is 2.73. The molecule has 0 unspecified atom stereocenters. The number of carbonyl (C=O) groups is 2. The van der Waals surface area contributed by atoms with Crippen LogP contribution in [0.4, 0.5) is 5.69 Å². The fourth-order valence-corrected chi connectivity index (χ4v) is 2.32. The van der Waals surface area contributed by atoms with Gasteiger partial charge in [-0.15, -0.1) is 11.8 Å². The van der Waals surface area contributed by atoms with Crippen molar-refractivity contribution in [3.8, 4) is 0 Å². The molecule has 0 heterocycles. The zero-order valence-corrected chi connectivity index (χ0v) is 12.6. The Morgan fingerprint density at radius 1 is 1.35 bits per heavy atom. The average molecular weight is 296 g/mol. The summed E-state index contributed by atoms with van der Waals surface area (Å²) < 4.78 is 0.